The van der Waals surface area contributed by atoms with E-state index in [-0.39, 0.29) is 0 Å². The van der Waals surface area contributed by atoms with Crippen molar-refractivity contribution < 1.29 is 230 Å². The number of hydrogen-bond donors (Lipinski definition) is 0. The third kappa shape index (κ3) is 10.5. The van der Waals surface area contributed by atoms with Crippen LogP contribution in [0.3, 0.4) is 0 Å². The lowest BCUT2D eigenvalue weighted by atomic mass is 9.94. The lowest BCUT2D eigenvalue weighted by molar-refractivity contribution is 1.36. The summed E-state index contributed by atoms with van der Waals surface area (Å²) in [7, 11) is 0. The molecule has 0 atom stereocenters. The maximum Gasteiger partial charge on any atom is 0.0970 e. The molecule has 0 fully saturated rings. The predicted molar refractivity (Wildman–Crippen MR) is 562 cm³/mol. The summed E-state index contributed by atoms with van der Waals surface area (Å²) in [6, 6.07) is 81.0. The van der Waals surface area contributed by atoms with Gasteiger partial charge in [0.05, 0.1) is 27.6 Å². The van der Waals surface area contributed by atoms with Gasteiger partial charge in [-0.15, -0.1) is 0 Å². The molecule has 13 aromatic carbocycles. The summed E-state index contributed by atoms with van der Waals surface area (Å²) in [6.45, 7) is 1.51. The van der Waals surface area contributed by atoms with Gasteiger partial charge in [-0.25, -0.2) is 0 Å². The summed E-state index contributed by atoms with van der Waals surface area (Å²) in [5.74, 6) is 0. The van der Waals surface area contributed by atoms with Crippen LogP contribution in [0.4, 0.5) is 0 Å². The van der Waals surface area contributed by atoms with Gasteiger partial charge in [-0.2, -0.15) is 0 Å². The fraction of sp³-hybridized carbons (Fsp3) is 0.0568. The van der Waals surface area contributed by atoms with E-state index in [0.29, 0.717) is 34.5 Å². The number of aromatic nitrogens is 7. The van der Waals surface area contributed by atoms with Crippen molar-refractivity contribution in [1.82, 2.24) is 34.9 Å². The molecule has 7 heteroatoms. The monoisotopic (exact) mass is 1520 g/mol. The first-order valence-electron chi connectivity index (χ1n) is 110. The van der Waals surface area contributed by atoms with Crippen LogP contribution in [-0.2, 0) is 0 Å². The summed E-state index contributed by atoms with van der Waals surface area (Å²) in [5, 5.41) is 29.6. The SMILES string of the molecule is [2H]Cc1ccc2c(c1)c1cccnc1c1cnccc21.[2H]Cc1ccc2c(c1)c1cccnc1c1ncccc21.[2H]Cc1ccc2c3ccccc3c3cccnc3c2c1.[2H]Cc1ccc2c3ccccc3c3ccncc3c2c1.[2H]Cc1ccc2c3ccccc3c3ncccc3c2c1.[2H][2H].[2H][2H].[2H][2H].[2H][2H].[2H][2H].[2H][2H].[2H][2H].[2H][2H].[2H][2H].[2H][2H].[2H][2H].[2H][2H].[2H][2H].[2H][2H].[2H][2H].[2H][2H].[2H][2H].[2H][2H].[2H][2H].[2H][2H].[2H][2H].[2H][2H].[2H][2H].[2H][2H].[2H][2H].[2H][2H].[2H][2H].[2H][2H].[2H][2H].[2H][2H].[2H][2H].[2H][2H].[2H][2H].[2H][2H].[2H][2H].[2H][2H].[2H][2H].[2H][2H].[2H][2H].[2H][2H].[2H][2H].[2H][2H].[2H][2H].[2H][2H].[2H][2H].[2H][2H].[2H][2H].[2H][2H].[2H][2H].[2H][2H].[2H][2H].[2H][2H].[2H][2H].[2H][2H].[2H][2H].[2H][2H].[2H][2H].[2H][2H].[2H][2H].[2H][2H].[2H][2H].[2H][2H].[2H][2H].[2H][2H].[2H][2H].[2H][2H].[2H][2H].[2H][2H].[2H][2H].[2H][2H].[2H][2H].[2H][2H].[2H][2H].[2H][2H].[2H][2H]. The fourth-order valence-electron chi connectivity index (χ4n) is 13.8. The van der Waals surface area contributed by atoms with Gasteiger partial charge < -0.3 is 0 Å². The summed E-state index contributed by atoms with van der Waals surface area (Å²) < 4.78 is 788. The zero-order chi connectivity index (χ0) is 218. The van der Waals surface area contributed by atoms with E-state index in [1.807, 2.05) is 110 Å². The molecule has 0 bridgehead atoms. The van der Waals surface area contributed by atoms with Crippen LogP contribution in [0.25, 0.3) is 162 Å². The number of fused-ring (bicyclic) bond motifs is 30. The molecule has 7 aromatic heterocycles. The minimum Gasteiger partial charge on any atom is -0.264 e. The molecule has 0 amide bonds. The number of pyridine rings is 7. The van der Waals surface area contributed by atoms with Gasteiger partial charge in [0.1, 0.15) is 0 Å². The molecular weight excluding hydrogens is 1160 g/mol. The number of rotatable bonds is 0. The molecule has 0 saturated carbocycles. The minimum absolute atomic E-state index is 0.294. The van der Waals surface area contributed by atoms with E-state index < -0.39 is 0 Å². The van der Waals surface area contributed by atoms with Crippen LogP contribution in [-0.4, -0.2) is 34.9 Å². The van der Waals surface area contributed by atoms with Gasteiger partial charge in [-0.3, -0.25) is 34.9 Å². The summed E-state index contributed by atoms with van der Waals surface area (Å²) >= 11 is 0. The molecular formula is C88H213N7. The van der Waals surface area contributed by atoms with Crippen LogP contribution in [0.1, 0.15) is 257 Å². The van der Waals surface area contributed by atoms with Crippen molar-refractivity contribution in [2.45, 2.75) is 34.5 Å². The van der Waals surface area contributed by atoms with Gasteiger partial charge in [0, 0.05) is 334 Å². The molecule has 0 spiro atoms. The number of aryl methyl sites for hydroxylation is 5. The molecule has 20 aromatic rings. The smallest absolute Gasteiger partial charge is 0.0970 e. The maximum absolute atomic E-state index is 7.57. The Balaban J connectivity index is -0.0000000263. The van der Waals surface area contributed by atoms with Gasteiger partial charge in [-0.1, -0.05) is 216 Å². The first-order valence-corrected chi connectivity index (χ1v) is 31.5. The zero-order valence-electron chi connectivity index (χ0n) is 207. The van der Waals surface area contributed by atoms with Gasteiger partial charge in [0.15, 0.2) is 0 Å². The largest absolute Gasteiger partial charge is 0.264 e. The van der Waals surface area contributed by atoms with Crippen molar-refractivity contribution >= 4 is 162 Å². The quantitative estimate of drug-likeness (QED) is 0.140. The van der Waals surface area contributed by atoms with Crippen molar-refractivity contribution in [2.24, 2.45) is 0 Å². The second kappa shape index (κ2) is 24.5. The Kier molecular flexibility index (Phi) is 4.51. The number of nitrogens with zero attached hydrogens (tertiary/aromatic N) is 7. The predicted octanol–water partition coefficient (Wildman–Crippen LogP) is 41.5. The van der Waals surface area contributed by atoms with Crippen LogP contribution in [0.5, 0.6) is 0 Å². The van der Waals surface area contributed by atoms with Gasteiger partial charge in [0.2, 0.25) is 0 Å². The van der Waals surface area contributed by atoms with E-state index in [4.69, 9.17) is 230 Å². The Hall–Kier alpha value is -12.2. The van der Waals surface area contributed by atoms with E-state index in [1.165, 1.54) is 80.8 Å². The molecule has 20 rings (SSSR count). The highest BCUT2D eigenvalue weighted by atomic mass is 14.7. The third-order valence-corrected chi connectivity index (χ3v) is 18.1. The topological polar surface area (TPSA) is 90.2 Å². The highest BCUT2D eigenvalue weighted by molar-refractivity contribution is 6.28. The van der Waals surface area contributed by atoms with E-state index in [9.17, 15) is 0 Å². The van der Waals surface area contributed by atoms with E-state index in [1.54, 1.807) is 12.4 Å². The van der Waals surface area contributed by atoms with Crippen molar-refractivity contribution in [3.63, 3.8) is 0 Å². The van der Waals surface area contributed by atoms with Crippen molar-refractivity contribution in [2.75, 3.05) is 0 Å². The lowest BCUT2D eigenvalue weighted by Crippen LogP contribution is -1.88. The molecule has 0 aliphatic carbocycles. The average Bonchev–Trinajstić information content (AvgIpc) is 0.757. The number of benzene rings is 13. The molecule has 0 aliphatic heterocycles. The summed E-state index contributed by atoms with van der Waals surface area (Å²) in [4.78, 5) is 31.2. The highest BCUT2D eigenvalue weighted by Gasteiger charge is 2.14. The molecule has 0 aliphatic rings. The maximum atomic E-state index is 7.57. The summed E-state index contributed by atoms with van der Waals surface area (Å²) in [5.41, 5.74) is 10.1. The fourth-order valence-corrected chi connectivity index (χ4v) is 13.8. The molecule has 0 N–H and O–H groups in total. The van der Waals surface area contributed by atoms with Crippen LogP contribution >= 0.6 is 0 Å². The van der Waals surface area contributed by atoms with Crippen molar-refractivity contribution in [1.29, 1.82) is 0 Å². The van der Waals surface area contributed by atoms with Crippen LogP contribution < -0.4 is 0 Å². The molecule has 600 valence electrons. The molecule has 95 heavy (non-hydrogen) atoms. The first-order chi connectivity index (χ1) is 124. The Morgan fingerprint density at radius 3 is 0.832 bits per heavy atom. The van der Waals surface area contributed by atoms with Gasteiger partial charge in [-0.05, 0) is 169 Å². The highest BCUT2D eigenvalue weighted by Crippen LogP contribution is 2.39. The Bertz CT molecular complexity index is 5680. The first kappa shape index (κ1) is 17.5. The van der Waals surface area contributed by atoms with Gasteiger partial charge >= 0.3 is 0 Å². The Morgan fingerprint density at radius 1 is 0.200 bits per heavy atom. The molecule has 0 radical (unpaired) electrons. The van der Waals surface area contributed by atoms with Crippen molar-refractivity contribution in [3.8, 4) is 0 Å². The molecule has 0 unspecified atom stereocenters. The standard InChI is InChI=1S/3C18H13N.2C17H12N2.75H2/c1-12-8-9-14-13-5-2-3-6-15(13)18-16(17(14)11-12)7-4-10-19-18;1-12-8-9-15-13-5-2-3-6-14(13)16-7-4-10-19-18(16)17(15)11-12;1-12-6-7-15-13-4-2-3-5-14(13)16-8-9-19-11-18(16)17(15)10-12;1-11-6-7-12-13-4-2-8-18-16(13)17-14(15(12)10-11)5-3-9-19-17;1-11-4-5-12-13-6-8-18-10-16(13)17-14(15(12)9-11)3-2-7-19-17;;;;;;;;;;;;;;;;;;;;;;;;;;;;;;;;;;;;;;;;;;;;;;;;;;;;;;;;;;;;;;;;;;;;;;;;;;;/h3*2-11H,1H3;2*2-10H,1H3;75*1H/i5*1D;75*1+1D. The average molecular weight is 1530 g/mol. The Labute approximate surface area is 787 Å². The van der Waals surface area contributed by atoms with Crippen LogP contribution in [0.15, 0.2) is 292 Å². The second-order valence-corrected chi connectivity index (χ2v) is 23.9. The Morgan fingerprint density at radius 2 is 0.432 bits per heavy atom. The van der Waals surface area contributed by atoms with Crippen molar-refractivity contribution in [3.05, 3.63) is 320 Å². The summed E-state index contributed by atoms with van der Waals surface area (Å²) in [6.07, 6.45) is 16.6. The second-order valence-electron chi connectivity index (χ2n) is 23.9. The minimum atomic E-state index is 0.294. The molecule has 0 saturated heterocycles. The third-order valence-electron chi connectivity index (χ3n) is 18.1. The number of hydrogen-bond acceptors (Lipinski definition) is 7. The molecule has 7 nitrogen and oxygen atoms in total. The normalized spacial score (nSPS) is 18.4. The lowest BCUT2D eigenvalue weighted by Gasteiger charge is -2.10. The zero-order valence-corrected chi connectivity index (χ0v) is 51.9. The molecule has 7 heterocycles. The van der Waals surface area contributed by atoms with E-state index >= 15 is 0 Å². The van der Waals surface area contributed by atoms with Crippen LogP contribution in [0, 0.1) is 34.5 Å². The van der Waals surface area contributed by atoms with E-state index in [0.717, 1.165) is 109 Å². The van der Waals surface area contributed by atoms with Crippen LogP contribution in [0.2, 0.25) is 0 Å². The van der Waals surface area contributed by atoms with E-state index in [2.05, 4.69) is 205 Å². The van der Waals surface area contributed by atoms with Gasteiger partial charge in [0.25, 0.3) is 0 Å².